The Morgan fingerprint density at radius 2 is 2.04 bits per heavy atom. The zero-order chi connectivity index (χ0) is 18.5. The van der Waals surface area contributed by atoms with Gasteiger partial charge in [0.2, 0.25) is 0 Å². The van der Waals surface area contributed by atoms with Crippen LogP contribution in [0.1, 0.15) is 31.9 Å². The van der Waals surface area contributed by atoms with E-state index in [4.69, 9.17) is 9.84 Å². The summed E-state index contributed by atoms with van der Waals surface area (Å²) in [6.45, 7) is 7.61. The van der Waals surface area contributed by atoms with Gasteiger partial charge in [0.25, 0.3) is 0 Å². The minimum Gasteiger partial charge on any atom is -0.394 e. The van der Waals surface area contributed by atoms with E-state index in [9.17, 15) is 15.0 Å². The van der Waals surface area contributed by atoms with Gasteiger partial charge >= 0.3 is 6.03 Å². The number of nitrogens with one attached hydrogen (secondary N) is 1. The van der Waals surface area contributed by atoms with Gasteiger partial charge in [-0.2, -0.15) is 0 Å². The average Bonchev–Trinajstić information content (AvgIpc) is 3.01. The molecule has 5 atom stereocenters. The van der Waals surface area contributed by atoms with Crippen molar-refractivity contribution in [3.8, 4) is 0 Å². The third-order valence-corrected chi connectivity index (χ3v) is 4.92. The van der Waals surface area contributed by atoms with Crippen molar-refractivity contribution in [1.29, 1.82) is 0 Å². The molecular formula is C18H26N2O5. The van der Waals surface area contributed by atoms with E-state index < -0.39 is 37.2 Å². The van der Waals surface area contributed by atoms with Gasteiger partial charge in [-0.05, 0) is 23.5 Å². The molecule has 1 aromatic carbocycles. The summed E-state index contributed by atoms with van der Waals surface area (Å²) in [7, 11) is 0. The number of fused-ring (bicyclic) bond motifs is 1. The highest BCUT2D eigenvalue weighted by Gasteiger charge is 2.55. The summed E-state index contributed by atoms with van der Waals surface area (Å²) < 4.78 is 5.79. The van der Waals surface area contributed by atoms with E-state index >= 15 is 0 Å². The summed E-state index contributed by atoms with van der Waals surface area (Å²) in [6, 6.07) is 4.86. The first-order valence-corrected chi connectivity index (χ1v) is 8.49. The number of para-hydroxylation sites is 1. The monoisotopic (exact) mass is 350 g/mol. The summed E-state index contributed by atoms with van der Waals surface area (Å²) >= 11 is 0. The molecule has 1 aromatic rings. The Hall–Kier alpha value is -1.67. The number of hydrogen-bond acceptors (Lipinski definition) is 5. The summed E-state index contributed by atoms with van der Waals surface area (Å²) in [4.78, 5) is 14.1. The molecule has 0 spiro atoms. The van der Waals surface area contributed by atoms with Crippen LogP contribution in [0.15, 0.2) is 18.2 Å². The fraction of sp³-hybridized carbons (Fsp3) is 0.611. The molecule has 7 heteroatoms. The van der Waals surface area contributed by atoms with Crippen LogP contribution in [0.25, 0.3) is 0 Å². The van der Waals surface area contributed by atoms with Crippen molar-refractivity contribution in [2.24, 2.45) is 0 Å². The first kappa shape index (κ1) is 18.1. The molecular weight excluding hydrogens is 324 g/mol. The molecule has 2 aliphatic rings. The Morgan fingerprint density at radius 3 is 2.64 bits per heavy atom. The van der Waals surface area contributed by atoms with E-state index in [0.29, 0.717) is 0 Å². The van der Waals surface area contributed by atoms with Crippen LogP contribution in [0.4, 0.5) is 10.5 Å². The fourth-order valence-corrected chi connectivity index (χ4v) is 3.64. The minimum absolute atomic E-state index is 0.193. The molecule has 2 aliphatic heterocycles. The molecule has 0 saturated carbocycles. The SMILES string of the molecule is Cc1cccc(C(C)(C)C)c1N1C(=O)N[C@@H]2[C@@H](O)[C@@H]([C@H](O)CO)O[C@@H]21. The van der Waals surface area contributed by atoms with Crippen LogP contribution < -0.4 is 10.2 Å². The van der Waals surface area contributed by atoms with Crippen LogP contribution in [-0.4, -0.2) is 58.5 Å². The number of rotatable bonds is 3. The number of carbonyl (C=O) groups is 1. The van der Waals surface area contributed by atoms with E-state index in [-0.39, 0.29) is 11.4 Å². The Bertz CT molecular complexity index is 672. The maximum Gasteiger partial charge on any atom is 0.324 e. The number of anilines is 1. The van der Waals surface area contributed by atoms with Gasteiger partial charge in [-0.25, -0.2) is 4.79 Å². The number of nitrogens with zero attached hydrogens (tertiary/aromatic N) is 1. The summed E-state index contributed by atoms with van der Waals surface area (Å²) in [5.74, 6) is 0. The fourth-order valence-electron chi connectivity index (χ4n) is 3.64. The molecule has 0 unspecified atom stereocenters. The van der Waals surface area contributed by atoms with Gasteiger partial charge in [-0.1, -0.05) is 39.0 Å². The molecule has 25 heavy (non-hydrogen) atoms. The van der Waals surface area contributed by atoms with Gasteiger partial charge in [-0.15, -0.1) is 0 Å². The maximum absolute atomic E-state index is 12.6. The Morgan fingerprint density at radius 1 is 1.36 bits per heavy atom. The number of aliphatic hydroxyl groups is 3. The quantitative estimate of drug-likeness (QED) is 0.640. The first-order chi connectivity index (χ1) is 11.7. The van der Waals surface area contributed by atoms with Crippen LogP contribution in [0, 0.1) is 6.92 Å². The van der Waals surface area contributed by atoms with Gasteiger partial charge in [0.05, 0.1) is 12.3 Å². The molecule has 3 rings (SSSR count). The number of amides is 2. The third kappa shape index (κ3) is 2.91. The summed E-state index contributed by atoms with van der Waals surface area (Å²) in [5, 5.41) is 32.2. The maximum atomic E-state index is 12.6. The minimum atomic E-state index is -1.21. The van der Waals surface area contributed by atoms with E-state index in [2.05, 4.69) is 26.1 Å². The van der Waals surface area contributed by atoms with Gasteiger partial charge in [0.15, 0.2) is 6.23 Å². The topological polar surface area (TPSA) is 102 Å². The molecule has 2 fully saturated rings. The van der Waals surface area contributed by atoms with Gasteiger partial charge in [0.1, 0.15) is 24.4 Å². The zero-order valence-electron chi connectivity index (χ0n) is 14.9. The highest BCUT2D eigenvalue weighted by molar-refractivity contribution is 5.97. The Kier molecular flexibility index (Phi) is 4.53. The lowest BCUT2D eigenvalue weighted by atomic mass is 9.84. The van der Waals surface area contributed by atoms with Crippen molar-refractivity contribution in [3.63, 3.8) is 0 Å². The number of benzene rings is 1. The van der Waals surface area contributed by atoms with Crippen LogP contribution in [0.2, 0.25) is 0 Å². The van der Waals surface area contributed by atoms with E-state index in [1.165, 1.54) is 4.90 Å². The van der Waals surface area contributed by atoms with Crippen molar-refractivity contribution >= 4 is 11.7 Å². The molecule has 7 nitrogen and oxygen atoms in total. The van der Waals surface area contributed by atoms with E-state index in [1.54, 1.807) is 0 Å². The first-order valence-electron chi connectivity index (χ1n) is 8.49. The lowest BCUT2D eigenvalue weighted by molar-refractivity contribution is -0.0804. The number of hydrogen-bond donors (Lipinski definition) is 4. The predicted molar refractivity (Wildman–Crippen MR) is 92.4 cm³/mol. The highest BCUT2D eigenvalue weighted by atomic mass is 16.6. The zero-order valence-corrected chi connectivity index (χ0v) is 14.9. The van der Waals surface area contributed by atoms with Gasteiger partial charge in [-0.3, -0.25) is 4.90 Å². The highest BCUT2D eigenvalue weighted by Crippen LogP contribution is 2.40. The van der Waals surface area contributed by atoms with E-state index in [0.717, 1.165) is 16.8 Å². The Labute approximate surface area is 147 Å². The van der Waals surface area contributed by atoms with Crippen molar-refractivity contribution in [2.75, 3.05) is 11.5 Å². The molecule has 2 saturated heterocycles. The van der Waals surface area contributed by atoms with Crippen LogP contribution in [0.3, 0.4) is 0 Å². The molecule has 0 aliphatic carbocycles. The van der Waals surface area contributed by atoms with Crippen molar-refractivity contribution in [1.82, 2.24) is 5.32 Å². The lowest BCUT2D eigenvalue weighted by Crippen LogP contribution is -2.45. The van der Waals surface area contributed by atoms with Crippen molar-refractivity contribution in [2.45, 2.75) is 63.7 Å². The second kappa shape index (κ2) is 6.25. The third-order valence-electron chi connectivity index (χ3n) is 4.92. The largest absolute Gasteiger partial charge is 0.394 e. The number of aryl methyl sites for hydroxylation is 1. The lowest BCUT2D eigenvalue weighted by Gasteiger charge is -2.31. The van der Waals surface area contributed by atoms with Gasteiger partial charge < -0.3 is 25.4 Å². The van der Waals surface area contributed by atoms with Crippen molar-refractivity contribution in [3.05, 3.63) is 29.3 Å². The molecule has 4 N–H and O–H groups in total. The molecule has 0 radical (unpaired) electrons. The standard InChI is InChI=1S/C18H26N2O5/c1-9-6-5-7-10(18(2,3)4)13(9)20-16-12(19-17(20)24)14(23)15(25-16)11(22)8-21/h5-7,11-12,14-16,21-23H,8H2,1-4H3,(H,19,24)/t11-,12-,14-,15-,16+/m1/s1. The predicted octanol–water partition coefficient (Wildman–Crippen LogP) is 0.630. The smallest absolute Gasteiger partial charge is 0.324 e. The molecule has 2 heterocycles. The number of urea groups is 1. The summed E-state index contributed by atoms with van der Waals surface area (Å²) in [5.41, 5.74) is 2.48. The molecule has 2 amide bonds. The number of aliphatic hydroxyl groups excluding tert-OH is 3. The van der Waals surface area contributed by atoms with Crippen LogP contribution in [-0.2, 0) is 10.2 Å². The normalized spacial score (nSPS) is 30.4. The van der Waals surface area contributed by atoms with E-state index in [1.807, 2.05) is 25.1 Å². The van der Waals surface area contributed by atoms with Crippen molar-refractivity contribution < 1.29 is 24.9 Å². The van der Waals surface area contributed by atoms with Crippen LogP contribution >= 0.6 is 0 Å². The average molecular weight is 350 g/mol. The molecule has 0 aromatic heterocycles. The van der Waals surface area contributed by atoms with Gasteiger partial charge in [0, 0.05) is 0 Å². The number of carbonyl (C=O) groups excluding carboxylic acids is 1. The van der Waals surface area contributed by atoms with Crippen LogP contribution in [0.5, 0.6) is 0 Å². The Balaban J connectivity index is 2.03. The summed E-state index contributed by atoms with van der Waals surface area (Å²) in [6.07, 6.45) is -4.00. The molecule has 0 bridgehead atoms. The number of ether oxygens (including phenoxy) is 1. The second-order valence-electron chi connectivity index (χ2n) is 7.80. The molecule has 138 valence electrons. The second-order valence-corrected chi connectivity index (χ2v) is 7.80.